The first-order valence-electron chi connectivity index (χ1n) is 7.14. The summed E-state index contributed by atoms with van der Waals surface area (Å²) in [5.74, 6) is -0.535. The minimum atomic E-state index is -0.649. The van der Waals surface area contributed by atoms with E-state index in [1.54, 1.807) is 31.3 Å². The smallest absolute Gasteiger partial charge is 0.261 e. The number of fused-ring (bicyclic) bond motifs is 1. The molecule has 2 aromatic heterocycles. The molecule has 3 aromatic rings. The molecule has 23 heavy (non-hydrogen) atoms. The molecule has 0 spiro atoms. The second-order valence-electron chi connectivity index (χ2n) is 5.04. The van der Waals surface area contributed by atoms with E-state index in [1.807, 2.05) is 29.6 Å². The average Bonchev–Trinajstić information content (AvgIpc) is 3.09. The molecule has 116 valence electrons. The Morgan fingerprint density at radius 1 is 1.13 bits per heavy atom. The van der Waals surface area contributed by atoms with Crippen LogP contribution in [0.2, 0.25) is 0 Å². The van der Waals surface area contributed by atoms with Crippen molar-refractivity contribution in [2.45, 2.75) is 13.0 Å². The van der Waals surface area contributed by atoms with E-state index in [-0.39, 0.29) is 11.8 Å². The Labute approximate surface area is 137 Å². The summed E-state index contributed by atoms with van der Waals surface area (Å²) < 4.78 is 0. The number of nitrogens with zero attached hydrogens (tertiary/aromatic N) is 1. The van der Waals surface area contributed by atoms with Crippen molar-refractivity contribution in [3.05, 3.63) is 58.9 Å². The monoisotopic (exact) mass is 325 g/mol. The molecule has 2 heterocycles. The van der Waals surface area contributed by atoms with E-state index in [1.165, 1.54) is 11.3 Å². The van der Waals surface area contributed by atoms with Gasteiger partial charge in [-0.3, -0.25) is 14.6 Å². The Kier molecular flexibility index (Phi) is 4.34. The van der Waals surface area contributed by atoms with Gasteiger partial charge < -0.3 is 10.6 Å². The SMILES string of the molecule is CC(NC(=O)c1cccs1)C(=O)Nc1cccc2cccnc12. The normalized spacial score (nSPS) is 11.9. The fourth-order valence-electron chi connectivity index (χ4n) is 2.19. The van der Waals surface area contributed by atoms with Gasteiger partial charge >= 0.3 is 0 Å². The number of carbonyl (C=O) groups is 2. The van der Waals surface area contributed by atoms with Crippen LogP contribution >= 0.6 is 11.3 Å². The first kappa shape index (κ1) is 15.2. The van der Waals surface area contributed by atoms with Crippen molar-refractivity contribution in [1.82, 2.24) is 10.3 Å². The number of rotatable bonds is 4. The quantitative estimate of drug-likeness (QED) is 0.774. The van der Waals surface area contributed by atoms with Crippen LogP contribution in [0, 0.1) is 0 Å². The number of anilines is 1. The van der Waals surface area contributed by atoms with Gasteiger partial charge in [-0.25, -0.2) is 0 Å². The highest BCUT2D eigenvalue weighted by Gasteiger charge is 2.18. The second kappa shape index (κ2) is 6.58. The van der Waals surface area contributed by atoms with Gasteiger partial charge in [-0.15, -0.1) is 11.3 Å². The van der Waals surface area contributed by atoms with Gasteiger partial charge in [-0.1, -0.05) is 24.3 Å². The number of nitrogens with one attached hydrogen (secondary N) is 2. The van der Waals surface area contributed by atoms with Crippen LogP contribution in [0.4, 0.5) is 5.69 Å². The van der Waals surface area contributed by atoms with Crippen LogP contribution in [0.3, 0.4) is 0 Å². The lowest BCUT2D eigenvalue weighted by Gasteiger charge is -2.14. The van der Waals surface area contributed by atoms with Gasteiger partial charge in [0.2, 0.25) is 5.91 Å². The Morgan fingerprint density at radius 2 is 1.96 bits per heavy atom. The molecular formula is C17H15N3O2S. The molecule has 0 aliphatic carbocycles. The Morgan fingerprint density at radius 3 is 2.74 bits per heavy atom. The van der Waals surface area contributed by atoms with E-state index < -0.39 is 6.04 Å². The van der Waals surface area contributed by atoms with Crippen LogP contribution in [-0.2, 0) is 4.79 Å². The predicted molar refractivity (Wildman–Crippen MR) is 91.6 cm³/mol. The highest BCUT2D eigenvalue weighted by molar-refractivity contribution is 7.12. The molecule has 3 rings (SSSR count). The third-order valence-corrected chi connectivity index (χ3v) is 4.25. The topological polar surface area (TPSA) is 71.1 Å². The molecule has 6 heteroatoms. The number of carbonyl (C=O) groups excluding carboxylic acids is 2. The maximum absolute atomic E-state index is 12.3. The third-order valence-electron chi connectivity index (χ3n) is 3.38. The van der Waals surface area contributed by atoms with Gasteiger partial charge in [0.25, 0.3) is 5.91 Å². The lowest BCUT2D eigenvalue weighted by molar-refractivity contribution is -0.117. The molecule has 0 radical (unpaired) electrons. The van der Waals surface area contributed by atoms with Crippen LogP contribution in [-0.4, -0.2) is 22.8 Å². The van der Waals surface area contributed by atoms with Gasteiger partial charge in [0.05, 0.1) is 16.1 Å². The molecule has 1 aromatic carbocycles. The van der Waals surface area contributed by atoms with Crippen LogP contribution in [0.5, 0.6) is 0 Å². The molecule has 0 fully saturated rings. The Balaban J connectivity index is 1.72. The highest BCUT2D eigenvalue weighted by Crippen LogP contribution is 2.20. The maximum Gasteiger partial charge on any atom is 0.261 e. The van der Waals surface area contributed by atoms with E-state index in [0.717, 1.165) is 10.9 Å². The van der Waals surface area contributed by atoms with E-state index in [4.69, 9.17) is 0 Å². The highest BCUT2D eigenvalue weighted by atomic mass is 32.1. The predicted octanol–water partition coefficient (Wildman–Crippen LogP) is 3.05. The molecule has 0 bridgehead atoms. The molecular weight excluding hydrogens is 310 g/mol. The minimum Gasteiger partial charge on any atom is -0.340 e. The van der Waals surface area contributed by atoms with Gasteiger partial charge in [-0.05, 0) is 30.5 Å². The Bertz CT molecular complexity index is 841. The fourth-order valence-corrected chi connectivity index (χ4v) is 2.81. The molecule has 0 aliphatic rings. The number of amides is 2. The number of benzene rings is 1. The van der Waals surface area contributed by atoms with Gasteiger partial charge in [0, 0.05) is 11.6 Å². The standard InChI is InChI=1S/C17H15N3O2S/c1-11(19-17(22)14-8-4-10-23-14)16(21)20-13-7-2-5-12-6-3-9-18-15(12)13/h2-11H,1H3,(H,19,22)(H,20,21). The van der Waals surface area contributed by atoms with Gasteiger partial charge in [0.15, 0.2) is 0 Å². The number of pyridine rings is 1. The number of para-hydroxylation sites is 1. The van der Waals surface area contributed by atoms with Crippen LogP contribution in [0.1, 0.15) is 16.6 Å². The summed E-state index contributed by atoms with van der Waals surface area (Å²) in [4.78, 5) is 29.2. The number of hydrogen-bond donors (Lipinski definition) is 2. The number of aromatic nitrogens is 1. The molecule has 0 saturated heterocycles. The fraction of sp³-hybridized carbons (Fsp3) is 0.118. The van der Waals surface area contributed by atoms with Crippen molar-refractivity contribution >= 4 is 39.7 Å². The van der Waals surface area contributed by atoms with Crippen molar-refractivity contribution in [3.8, 4) is 0 Å². The van der Waals surface area contributed by atoms with Crippen LogP contribution in [0.15, 0.2) is 54.0 Å². The van der Waals surface area contributed by atoms with Crippen molar-refractivity contribution in [2.24, 2.45) is 0 Å². The van der Waals surface area contributed by atoms with E-state index in [2.05, 4.69) is 15.6 Å². The lowest BCUT2D eigenvalue weighted by atomic mass is 10.2. The van der Waals surface area contributed by atoms with Crippen molar-refractivity contribution in [2.75, 3.05) is 5.32 Å². The summed E-state index contributed by atoms with van der Waals surface area (Å²) in [5, 5.41) is 8.28. The van der Waals surface area contributed by atoms with Gasteiger partial charge in [-0.2, -0.15) is 0 Å². The summed E-state index contributed by atoms with van der Waals surface area (Å²) >= 11 is 1.34. The van der Waals surface area contributed by atoms with Crippen LogP contribution < -0.4 is 10.6 Å². The van der Waals surface area contributed by atoms with Crippen molar-refractivity contribution < 1.29 is 9.59 Å². The second-order valence-corrected chi connectivity index (χ2v) is 5.99. The van der Waals surface area contributed by atoms with Crippen molar-refractivity contribution in [1.29, 1.82) is 0 Å². The summed E-state index contributed by atoms with van der Waals surface area (Å²) in [6.45, 7) is 1.65. The minimum absolute atomic E-state index is 0.251. The lowest BCUT2D eigenvalue weighted by Crippen LogP contribution is -2.41. The summed E-state index contributed by atoms with van der Waals surface area (Å²) in [5.41, 5.74) is 1.35. The average molecular weight is 325 g/mol. The zero-order valence-electron chi connectivity index (χ0n) is 12.4. The summed E-state index contributed by atoms with van der Waals surface area (Å²) in [6.07, 6.45) is 1.68. The van der Waals surface area contributed by atoms with E-state index in [0.29, 0.717) is 10.6 Å². The molecule has 2 amide bonds. The van der Waals surface area contributed by atoms with E-state index in [9.17, 15) is 9.59 Å². The largest absolute Gasteiger partial charge is 0.340 e. The maximum atomic E-state index is 12.3. The molecule has 1 unspecified atom stereocenters. The summed E-state index contributed by atoms with van der Waals surface area (Å²) in [7, 11) is 0. The first-order chi connectivity index (χ1) is 11.1. The van der Waals surface area contributed by atoms with E-state index >= 15 is 0 Å². The van der Waals surface area contributed by atoms with Gasteiger partial charge in [0.1, 0.15) is 6.04 Å². The number of hydrogen-bond acceptors (Lipinski definition) is 4. The molecule has 1 atom stereocenters. The molecule has 0 saturated carbocycles. The molecule has 2 N–H and O–H groups in total. The summed E-state index contributed by atoms with van der Waals surface area (Å²) in [6, 6.07) is 12.2. The number of thiophene rings is 1. The zero-order valence-corrected chi connectivity index (χ0v) is 13.3. The molecule has 0 aliphatic heterocycles. The van der Waals surface area contributed by atoms with Crippen LogP contribution in [0.25, 0.3) is 10.9 Å². The zero-order chi connectivity index (χ0) is 16.2. The Hall–Kier alpha value is -2.73. The van der Waals surface area contributed by atoms with Crippen molar-refractivity contribution in [3.63, 3.8) is 0 Å². The first-order valence-corrected chi connectivity index (χ1v) is 8.02. The third kappa shape index (κ3) is 3.37. The molecule has 5 nitrogen and oxygen atoms in total.